The summed E-state index contributed by atoms with van der Waals surface area (Å²) < 4.78 is 0. The summed E-state index contributed by atoms with van der Waals surface area (Å²) >= 11 is 6.05. The molecule has 0 saturated carbocycles. The topological polar surface area (TPSA) is 0 Å². The summed E-state index contributed by atoms with van der Waals surface area (Å²) in [5.41, 5.74) is 5.61. The Balaban J connectivity index is 1.93. The molecule has 1 aliphatic rings. The minimum atomic E-state index is 0.491. The molecular formula is C18H17Cl. The Labute approximate surface area is 119 Å². The van der Waals surface area contributed by atoms with Gasteiger partial charge >= 0.3 is 0 Å². The number of aryl methyl sites for hydroxylation is 1. The van der Waals surface area contributed by atoms with Gasteiger partial charge in [-0.3, -0.25) is 0 Å². The zero-order valence-corrected chi connectivity index (χ0v) is 11.8. The first-order valence-corrected chi connectivity index (χ1v) is 7.15. The Morgan fingerprint density at radius 1 is 1.00 bits per heavy atom. The average Bonchev–Trinajstić information content (AvgIpc) is 2.47. The van der Waals surface area contributed by atoms with Crippen molar-refractivity contribution in [3.8, 4) is 0 Å². The van der Waals surface area contributed by atoms with E-state index in [4.69, 9.17) is 11.6 Å². The van der Waals surface area contributed by atoms with Gasteiger partial charge in [0.05, 0.1) is 0 Å². The molecule has 0 spiro atoms. The molecule has 0 radical (unpaired) electrons. The van der Waals surface area contributed by atoms with E-state index < -0.39 is 0 Å². The van der Waals surface area contributed by atoms with Crippen molar-refractivity contribution in [3.63, 3.8) is 0 Å². The van der Waals surface area contributed by atoms with E-state index in [0.717, 1.165) is 17.9 Å². The van der Waals surface area contributed by atoms with Crippen LogP contribution in [0.4, 0.5) is 0 Å². The highest BCUT2D eigenvalue weighted by molar-refractivity contribution is 6.30. The largest absolute Gasteiger partial charge is 0.0843 e. The van der Waals surface area contributed by atoms with Gasteiger partial charge in [0.15, 0.2) is 0 Å². The molecule has 0 aliphatic heterocycles. The molecule has 2 aromatic carbocycles. The zero-order chi connectivity index (χ0) is 13.2. The summed E-state index contributed by atoms with van der Waals surface area (Å²) in [7, 11) is 0. The molecule has 0 nitrogen and oxygen atoms in total. The van der Waals surface area contributed by atoms with Crippen LogP contribution in [0.3, 0.4) is 0 Å². The second-order valence-electron chi connectivity index (χ2n) is 5.19. The lowest BCUT2D eigenvalue weighted by molar-refractivity contribution is 0.793. The number of hydrogen-bond donors (Lipinski definition) is 0. The van der Waals surface area contributed by atoms with Crippen molar-refractivity contribution < 1.29 is 0 Å². The van der Waals surface area contributed by atoms with Gasteiger partial charge in [-0.2, -0.15) is 0 Å². The Kier molecular flexibility index (Phi) is 3.44. The molecule has 0 saturated heterocycles. The maximum atomic E-state index is 6.05. The van der Waals surface area contributed by atoms with Crippen molar-refractivity contribution >= 4 is 17.7 Å². The molecule has 19 heavy (non-hydrogen) atoms. The number of fused-ring (bicyclic) bond motifs is 1. The number of halogens is 1. The molecule has 0 bridgehead atoms. The SMILES string of the molecule is CC(C1=Cc2ccc(Cl)cc2CC1)c1ccccc1. The standard InChI is InChI=1S/C18H17Cl/c1-13(14-5-3-2-4-6-14)15-7-8-17-12-18(19)10-9-16(17)11-15/h2-6,9-13H,7-8H2,1H3. The van der Waals surface area contributed by atoms with E-state index in [-0.39, 0.29) is 0 Å². The van der Waals surface area contributed by atoms with Crippen molar-refractivity contribution in [3.05, 3.63) is 75.8 Å². The minimum absolute atomic E-state index is 0.491. The smallest absolute Gasteiger partial charge is 0.0409 e. The van der Waals surface area contributed by atoms with Gasteiger partial charge < -0.3 is 0 Å². The Hall–Kier alpha value is -1.53. The fraction of sp³-hybridized carbons (Fsp3) is 0.222. The fourth-order valence-corrected chi connectivity index (χ4v) is 2.97. The predicted octanol–water partition coefficient (Wildman–Crippen LogP) is 5.47. The van der Waals surface area contributed by atoms with Crippen LogP contribution in [-0.4, -0.2) is 0 Å². The molecule has 3 rings (SSSR count). The summed E-state index contributed by atoms with van der Waals surface area (Å²) in [6, 6.07) is 16.9. The van der Waals surface area contributed by atoms with Gasteiger partial charge in [-0.05, 0) is 41.7 Å². The van der Waals surface area contributed by atoms with Crippen LogP contribution in [0.5, 0.6) is 0 Å². The van der Waals surface area contributed by atoms with Gasteiger partial charge in [-0.15, -0.1) is 0 Å². The van der Waals surface area contributed by atoms with Gasteiger partial charge in [0.2, 0.25) is 0 Å². The molecular weight excluding hydrogens is 252 g/mol. The molecule has 1 unspecified atom stereocenters. The number of benzene rings is 2. The molecule has 96 valence electrons. The first kappa shape index (κ1) is 12.5. The quantitative estimate of drug-likeness (QED) is 0.677. The average molecular weight is 269 g/mol. The van der Waals surface area contributed by atoms with E-state index in [1.807, 2.05) is 6.07 Å². The van der Waals surface area contributed by atoms with E-state index >= 15 is 0 Å². The monoisotopic (exact) mass is 268 g/mol. The highest BCUT2D eigenvalue weighted by Gasteiger charge is 2.16. The molecule has 1 heteroatoms. The van der Waals surface area contributed by atoms with Crippen molar-refractivity contribution in [1.29, 1.82) is 0 Å². The summed E-state index contributed by atoms with van der Waals surface area (Å²) in [6.07, 6.45) is 4.56. The highest BCUT2D eigenvalue weighted by Crippen LogP contribution is 2.34. The van der Waals surface area contributed by atoms with E-state index in [9.17, 15) is 0 Å². The number of rotatable bonds is 2. The fourth-order valence-electron chi connectivity index (χ4n) is 2.78. The van der Waals surface area contributed by atoms with Crippen molar-refractivity contribution in [2.45, 2.75) is 25.7 Å². The lowest BCUT2D eigenvalue weighted by Crippen LogP contribution is -2.05. The molecule has 2 aromatic rings. The van der Waals surface area contributed by atoms with Crippen LogP contribution in [0.15, 0.2) is 54.1 Å². The molecule has 0 aromatic heterocycles. The Morgan fingerprint density at radius 3 is 2.58 bits per heavy atom. The number of allylic oxidation sites excluding steroid dienone is 1. The second-order valence-corrected chi connectivity index (χ2v) is 5.63. The third-order valence-electron chi connectivity index (χ3n) is 3.98. The second kappa shape index (κ2) is 5.22. The van der Waals surface area contributed by atoms with Crippen LogP contribution in [0.1, 0.15) is 36.0 Å². The lowest BCUT2D eigenvalue weighted by atomic mass is 9.83. The van der Waals surface area contributed by atoms with Crippen LogP contribution in [0.2, 0.25) is 5.02 Å². The predicted molar refractivity (Wildman–Crippen MR) is 82.6 cm³/mol. The Morgan fingerprint density at radius 2 is 1.79 bits per heavy atom. The van der Waals surface area contributed by atoms with E-state index in [1.54, 1.807) is 0 Å². The molecule has 1 atom stereocenters. The molecule has 0 amide bonds. The van der Waals surface area contributed by atoms with Gasteiger partial charge in [-0.25, -0.2) is 0 Å². The van der Waals surface area contributed by atoms with Gasteiger partial charge in [0.1, 0.15) is 0 Å². The normalized spacial score (nSPS) is 15.6. The third kappa shape index (κ3) is 2.59. The van der Waals surface area contributed by atoms with Crippen molar-refractivity contribution in [1.82, 2.24) is 0 Å². The molecule has 0 N–H and O–H groups in total. The van der Waals surface area contributed by atoms with Gasteiger partial charge in [-0.1, -0.05) is 66.6 Å². The summed E-state index contributed by atoms with van der Waals surface area (Å²) in [5, 5.41) is 0.840. The van der Waals surface area contributed by atoms with Crippen molar-refractivity contribution in [2.24, 2.45) is 0 Å². The van der Waals surface area contributed by atoms with Crippen LogP contribution < -0.4 is 0 Å². The zero-order valence-electron chi connectivity index (χ0n) is 11.1. The first-order valence-electron chi connectivity index (χ1n) is 6.78. The third-order valence-corrected chi connectivity index (χ3v) is 4.22. The Bertz CT molecular complexity index is 611. The van der Waals surface area contributed by atoms with Gasteiger partial charge in [0.25, 0.3) is 0 Å². The molecule has 0 fully saturated rings. The maximum Gasteiger partial charge on any atom is 0.0409 e. The lowest BCUT2D eigenvalue weighted by Gasteiger charge is -2.22. The molecule has 0 heterocycles. The van der Waals surface area contributed by atoms with Gasteiger partial charge in [0, 0.05) is 10.9 Å². The van der Waals surface area contributed by atoms with Crippen LogP contribution in [0.25, 0.3) is 6.08 Å². The highest BCUT2D eigenvalue weighted by atomic mass is 35.5. The first-order chi connectivity index (χ1) is 9.24. The van der Waals surface area contributed by atoms with E-state index in [0.29, 0.717) is 5.92 Å². The summed E-state index contributed by atoms with van der Waals surface area (Å²) in [6.45, 7) is 2.29. The summed E-state index contributed by atoms with van der Waals surface area (Å²) in [5.74, 6) is 0.491. The van der Waals surface area contributed by atoms with E-state index in [2.05, 4.69) is 55.5 Å². The van der Waals surface area contributed by atoms with E-state index in [1.165, 1.54) is 22.3 Å². The van der Waals surface area contributed by atoms with Crippen LogP contribution >= 0.6 is 11.6 Å². The summed E-state index contributed by atoms with van der Waals surface area (Å²) in [4.78, 5) is 0. The van der Waals surface area contributed by atoms with Crippen LogP contribution in [-0.2, 0) is 6.42 Å². The maximum absolute atomic E-state index is 6.05. The van der Waals surface area contributed by atoms with Crippen LogP contribution in [0, 0.1) is 0 Å². The van der Waals surface area contributed by atoms with Crippen molar-refractivity contribution in [2.75, 3.05) is 0 Å². The number of hydrogen-bond acceptors (Lipinski definition) is 0. The minimum Gasteiger partial charge on any atom is -0.0843 e. The molecule has 1 aliphatic carbocycles.